The fourth-order valence-electron chi connectivity index (χ4n) is 2.23. The zero-order chi connectivity index (χ0) is 15.6. The molecule has 21 heavy (non-hydrogen) atoms. The largest absolute Gasteiger partial charge is 0.388 e. The average molecular weight is 377 g/mol. The highest BCUT2D eigenvalue weighted by Crippen LogP contribution is 2.37. The van der Waals surface area contributed by atoms with Crippen LogP contribution in [0.15, 0.2) is 40.9 Å². The Hall–Kier alpha value is -1.01. The summed E-state index contributed by atoms with van der Waals surface area (Å²) in [5, 5.41) is 10.4. The van der Waals surface area contributed by atoms with E-state index in [2.05, 4.69) is 15.9 Å². The van der Waals surface area contributed by atoms with Crippen LogP contribution in [0.5, 0.6) is 0 Å². The van der Waals surface area contributed by atoms with Crippen LogP contribution in [0.1, 0.15) is 23.1 Å². The lowest BCUT2D eigenvalue weighted by molar-refractivity contribution is 0.140. The third-order valence-corrected chi connectivity index (χ3v) is 4.29. The van der Waals surface area contributed by atoms with E-state index >= 15 is 0 Å². The minimum atomic E-state index is -1.29. The average Bonchev–Trinajstić information content (AvgIpc) is 2.44. The van der Waals surface area contributed by atoms with Crippen molar-refractivity contribution in [1.29, 1.82) is 0 Å². The summed E-state index contributed by atoms with van der Waals surface area (Å²) < 4.78 is 28.5. The van der Waals surface area contributed by atoms with Gasteiger partial charge in [0, 0.05) is 22.5 Å². The van der Waals surface area contributed by atoms with Gasteiger partial charge in [-0.15, -0.1) is 0 Å². The molecule has 0 saturated heterocycles. The van der Waals surface area contributed by atoms with Gasteiger partial charge >= 0.3 is 0 Å². The molecule has 0 aromatic heterocycles. The van der Waals surface area contributed by atoms with E-state index in [0.717, 1.165) is 0 Å². The minimum Gasteiger partial charge on any atom is -0.388 e. The van der Waals surface area contributed by atoms with Crippen molar-refractivity contribution in [3.05, 3.63) is 68.7 Å². The van der Waals surface area contributed by atoms with Crippen LogP contribution in [0.3, 0.4) is 0 Å². The first-order valence-corrected chi connectivity index (χ1v) is 7.40. The Balaban J connectivity index is 2.48. The Morgan fingerprint density at radius 3 is 2.48 bits per heavy atom. The van der Waals surface area contributed by atoms with Crippen molar-refractivity contribution in [2.24, 2.45) is 5.73 Å². The van der Waals surface area contributed by atoms with Gasteiger partial charge in [-0.3, -0.25) is 0 Å². The number of aliphatic hydroxyl groups excluding tert-OH is 1. The maximum atomic E-state index is 14.1. The number of nitrogens with two attached hydrogens (primary N) is 1. The molecule has 0 spiro atoms. The molecule has 0 heterocycles. The van der Waals surface area contributed by atoms with Gasteiger partial charge in [0.25, 0.3) is 0 Å². The number of hydrogen-bond acceptors (Lipinski definition) is 2. The van der Waals surface area contributed by atoms with Gasteiger partial charge in [0.1, 0.15) is 11.6 Å². The predicted octanol–water partition coefficient (Wildman–Crippen LogP) is 4.16. The molecule has 0 fully saturated rings. The lowest BCUT2D eigenvalue weighted by Gasteiger charge is -2.24. The molecule has 2 aromatic rings. The fraction of sp³-hybridized carbons (Fsp3) is 0.200. The Morgan fingerprint density at radius 1 is 1.19 bits per heavy atom. The molecular formula is C15H13BrClF2NO. The number of hydrogen-bond donors (Lipinski definition) is 2. The van der Waals surface area contributed by atoms with Crippen LogP contribution in [-0.4, -0.2) is 11.7 Å². The summed E-state index contributed by atoms with van der Waals surface area (Å²) in [6.45, 7) is -0.0563. The first kappa shape index (κ1) is 16.4. The molecule has 0 radical (unpaired) electrons. The zero-order valence-electron chi connectivity index (χ0n) is 10.9. The van der Waals surface area contributed by atoms with Gasteiger partial charge in [-0.1, -0.05) is 45.7 Å². The first-order chi connectivity index (χ1) is 9.97. The van der Waals surface area contributed by atoms with E-state index in [1.54, 1.807) is 12.1 Å². The third kappa shape index (κ3) is 3.26. The Morgan fingerprint density at radius 2 is 1.86 bits per heavy atom. The smallest absolute Gasteiger partial charge is 0.145 e. The maximum Gasteiger partial charge on any atom is 0.145 e. The Kier molecular flexibility index (Phi) is 5.32. The van der Waals surface area contributed by atoms with E-state index in [-0.39, 0.29) is 22.7 Å². The first-order valence-electron chi connectivity index (χ1n) is 6.23. The van der Waals surface area contributed by atoms with Crippen LogP contribution in [-0.2, 0) is 0 Å². The third-order valence-electron chi connectivity index (χ3n) is 3.31. The lowest BCUT2D eigenvalue weighted by atomic mass is 9.88. The molecule has 6 heteroatoms. The van der Waals surface area contributed by atoms with Crippen molar-refractivity contribution < 1.29 is 13.9 Å². The predicted molar refractivity (Wildman–Crippen MR) is 82.3 cm³/mol. The standard InChI is InChI=1S/C15H13BrClF2NO/c16-10-4-2-6-12(18)13(10)15(21)9(7-20)8-3-1-5-11(17)14(8)19/h1-6,9,15,21H,7,20H2. The van der Waals surface area contributed by atoms with Gasteiger partial charge in [-0.05, 0) is 23.8 Å². The minimum absolute atomic E-state index is 0.0484. The molecule has 2 atom stereocenters. The van der Waals surface area contributed by atoms with Crippen molar-refractivity contribution in [1.82, 2.24) is 0 Å². The number of halogens is 4. The summed E-state index contributed by atoms with van der Waals surface area (Å²) in [5.41, 5.74) is 5.86. The molecule has 2 aromatic carbocycles. The summed E-state index contributed by atoms with van der Waals surface area (Å²) >= 11 is 8.94. The Bertz CT molecular complexity index is 633. The molecule has 2 nitrogen and oxygen atoms in total. The van der Waals surface area contributed by atoms with Gasteiger partial charge in [0.2, 0.25) is 0 Å². The van der Waals surface area contributed by atoms with E-state index in [1.807, 2.05) is 0 Å². The van der Waals surface area contributed by atoms with Crippen LogP contribution >= 0.6 is 27.5 Å². The van der Waals surface area contributed by atoms with Gasteiger partial charge < -0.3 is 10.8 Å². The van der Waals surface area contributed by atoms with Crippen LogP contribution in [0, 0.1) is 11.6 Å². The quantitative estimate of drug-likeness (QED) is 0.842. The number of rotatable bonds is 4. The SMILES string of the molecule is NCC(c1cccc(Cl)c1F)C(O)c1c(F)cccc1Br. The molecule has 112 valence electrons. The highest BCUT2D eigenvalue weighted by Gasteiger charge is 2.28. The normalized spacial score (nSPS) is 14.0. The van der Waals surface area contributed by atoms with E-state index in [0.29, 0.717) is 4.47 Å². The lowest BCUT2D eigenvalue weighted by Crippen LogP contribution is -2.22. The van der Waals surface area contributed by atoms with Crippen LogP contribution in [0.2, 0.25) is 5.02 Å². The highest BCUT2D eigenvalue weighted by molar-refractivity contribution is 9.10. The zero-order valence-corrected chi connectivity index (χ0v) is 13.2. The summed E-state index contributed by atoms with van der Waals surface area (Å²) in [5.74, 6) is -2.05. The number of benzene rings is 2. The summed E-state index contributed by atoms with van der Waals surface area (Å²) in [6, 6.07) is 8.78. The molecule has 3 N–H and O–H groups in total. The van der Waals surface area contributed by atoms with Gasteiger partial charge in [0.05, 0.1) is 11.1 Å². The summed E-state index contributed by atoms with van der Waals surface area (Å²) in [6.07, 6.45) is -1.29. The van der Waals surface area contributed by atoms with Crippen molar-refractivity contribution in [2.45, 2.75) is 12.0 Å². The molecule has 0 aliphatic carbocycles. The van der Waals surface area contributed by atoms with Gasteiger partial charge in [0.15, 0.2) is 0 Å². The van der Waals surface area contributed by atoms with E-state index in [4.69, 9.17) is 17.3 Å². The van der Waals surface area contributed by atoms with Gasteiger partial charge in [-0.2, -0.15) is 0 Å². The second kappa shape index (κ2) is 6.83. The van der Waals surface area contributed by atoms with Gasteiger partial charge in [-0.25, -0.2) is 8.78 Å². The molecule has 0 saturated carbocycles. The van der Waals surface area contributed by atoms with Crippen molar-refractivity contribution >= 4 is 27.5 Å². The van der Waals surface area contributed by atoms with Crippen molar-refractivity contribution in [3.63, 3.8) is 0 Å². The van der Waals surface area contributed by atoms with E-state index in [1.165, 1.54) is 24.3 Å². The van der Waals surface area contributed by atoms with Crippen molar-refractivity contribution in [2.75, 3.05) is 6.54 Å². The van der Waals surface area contributed by atoms with Crippen LogP contribution in [0.25, 0.3) is 0 Å². The topological polar surface area (TPSA) is 46.2 Å². The van der Waals surface area contributed by atoms with E-state index < -0.39 is 23.7 Å². The molecule has 0 aliphatic rings. The van der Waals surface area contributed by atoms with Crippen LogP contribution in [0.4, 0.5) is 8.78 Å². The van der Waals surface area contributed by atoms with Crippen molar-refractivity contribution in [3.8, 4) is 0 Å². The molecule has 2 rings (SSSR count). The second-order valence-corrected chi connectivity index (χ2v) is 5.83. The summed E-state index contributed by atoms with van der Waals surface area (Å²) in [7, 11) is 0. The molecule has 0 amide bonds. The maximum absolute atomic E-state index is 14.1. The van der Waals surface area contributed by atoms with E-state index in [9.17, 15) is 13.9 Å². The fourth-order valence-corrected chi connectivity index (χ4v) is 2.99. The highest BCUT2D eigenvalue weighted by atomic mass is 79.9. The molecule has 2 unspecified atom stereocenters. The monoisotopic (exact) mass is 375 g/mol. The number of aliphatic hydroxyl groups is 1. The molecule has 0 bridgehead atoms. The molecular weight excluding hydrogens is 364 g/mol. The summed E-state index contributed by atoms with van der Waals surface area (Å²) in [4.78, 5) is 0. The molecule has 0 aliphatic heterocycles. The van der Waals surface area contributed by atoms with Crippen LogP contribution < -0.4 is 5.73 Å². The Labute approximate surface area is 134 Å². The second-order valence-electron chi connectivity index (χ2n) is 4.57.